The summed E-state index contributed by atoms with van der Waals surface area (Å²) < 4.78 is 1.26. The number of rotatable bonds is 2. The molecule has 100 valence electrons. The fourth-order valence-corrected chi connectivity index (χ4v) is 4.79. The third-order valence-electron chi connectivity index (χ3n) is 4.91. The van der Waals surface area contributed by atoms with Crippen LogP contribution in [-0.4, -0.2) is 29.8 Å². The van der Waals surface area contributed by atoms with Gasteiger partial charge < -0.3 is 10.0 Å². The van der Waals surface area contributed by atoms with Crippen LogP contribution in [0.15, 0.2) is 24.3 Å². The third-order valence-corrected chi connectivity index (χ3v) is 6.01. The van der Waals surface area contributed by atoms with Gasteiger partial charge in [-0.05, 0) is 30.9 Å². The Kier molecular flexibility index (Phi) is 2.57. The van der Waals surface area contributed by atoms with E-state index >= 15 is 0 Å². The highest BCUT2D eigenvalue weighted by Gasteiger charge is 2.49. The van der Waals surface area contributed by atoms with Crippen LogP contribution in [0.1, 0.15) is 19.3 Å². The molecule has 1 saturated heterocycles. The highest BCUT2D eigenvalue weighted by molar-refractivity contribution is 7.22. The van der Waals surface area contributed by atoms with E-state index in [-0.39, 0.29) is 5.41 Å². The molecule has 3 nitrogen and oxygen atoms in total. The van der Waals surface area contributed by atoms with Crippen LogP contribution in [0, 0.1) is 11.3 Å². The van der Waals surface area contributed by atoms with E-state index in [1.54, 1.807) is 11.3 Å². The van der Waals surface area contributed by atoms with Gasteiger partial charge in [0.2, 0.25) is 0 Å². The van der Waals surface area contributed by atoms with Gasteiger partial charge in [0.15, 0.2) is 5.13 Å². The Hall–Kier alpha value is -1.13. The number of hydrogen-bond acceptors (Lipinski definition) is 4. The molecule has 0 amide bonds. The third kappa shape index (κ3) is 1.70. The minimum absolute atomic E-state index is 0.151. The summed E-state index contributed by atoms with van der Waals surface area (Å²) in [6.45, 7) is 2.38. The monoisotopic (exact) mass is 274 g/mol. The van der Waals surface area contributed by atoms with Gasteiger partial charge in [0.05, 0.1) is 16.8 Å². The average molecular weight is 274 g/mol. The lowest BCUT2D eigenvalue weighted by Crippen LogP contribution is -2.30. The van der Waals surface area contributed by atoms with Crippen molar-refractivity contribution in [2.24, 2.45) is 11.3 Å². The minimum Gasteiger partial charge on any atom is -0.396 e. The van der Waals surface area contributed by atoms with E-state index in [0.29, 0.717) is 12.5 Å². The van der Waals surface area contributed by atoms with Crippen molar-refractivity contribution in [3.05, 3.63) is 24.3 Å². The molecule has 0 radical (unpaired) electrons. The van der Waals surface area contributed by atoms with Crippen LogP contribution in [0.3, 0.4) is 0 Å². The second kappa shape index (κ2) is 4.18. The molecule has 2 unspecified atom stereocenters. The van der Waals surface area contributed by atoms with Crippen molar-refractivity contribution < 1.29 is 5.11 Å². The lowest BCUT2D eigenvalue weighted by molar-refractivity contribution is 0.121. The molecule has 19 heavy (non-hydrogen) atoms. The van der Waals surface area contributed by atoms with E-state index in [0.717, 1.165) is 23.7 Å². The molecule has 2 heterocycles. The van der Waals surface area contributed by atoms with Crippen LogP contribution < -0.4 is 4.90 Å². The largest absolute Gasteiger partial charge is 0.396 e. The van der Waals surface area contributed by atoms with Gasteiger partial charge in [0, 0.05) is 18.5 Å². The number of aliphatic hydroxyl groups excluding tert-OH is 1. The molecule has 2 aromatic rings. The van der Waals surface area contributed by atoms with Gasteiger partial charge in [-0.25, -0.2) is 4.98 Å². The lowest BCUT2D eigenvalue weighted by atomic mass is 9.82. The molecule has 1 aliphatic carbocycles. The summed E-state index contributed by atoms with van der Waals surface area (Å²) in [4.78, 5) is 7.14. The maximum atomic E-state index is 9.79. The van der Waals surface area contributed by atoms with Crippen molar-refractivity contribution in [3.8, 4) is 0 Å². The number of para-hydroxylation sites is 1. The van der Waals surface area contributed by atoms with Gasteiger partial charge >= 0.3 is 0 Å². The molecule has 1 N–H and O–H groups in total. The van der Waals surface area contributed by atoms with Crippen LogP contribution in [0.25, 0.3) is 10.2 Å². The van der Waals surface area contributed by atoms with Crippen LogP contribution in [-0.2, 0) is 0 Å². The fraction of sp³-hybridized carbons (Fsp3) is 0.533. The van der Waals surface area contributed by atoms with E-state index in [2.05, 4.69) is 23.1 Å². The quantitative estimate of drug-likeness (QED) is 0.915. The minimum atomic E-state index is 0.151. The summed E-state index contributed by atoms with van der Waals surface area (Å²) >= 11 is 1.78. The molecule has 4 heteroatoms. The van der Waals surface area contributed by atoms with E-state index in [9.17, 15) is 5.11 Å². The summed E-state index contributed by atoms with van der Waals surface area (Å²) in [5, 5.41) is 10.9. The Labute approximate surface area is 116 Å². The molecule has 2 atom stereocenters. The highest BCUT2D eigenvalue weighted by atomic mass is 32.1. The zero-order valence-electron chi connectivity index (χ0n) is 10.9. The molecule has 0 spiro atoms. The Balaban J connectivity index is 1.67. The number of aliphatic hydroxyl groups is 1. The van der Waals surface area contributed by atoms with Crippen LogP contribution in [0.2, 0.25) is 0 Å². The lowest BCUT2D eigenvalue weighted by Gasteiger charge is -2.25. The SMILES string of the molecule is OCC12CCCC1CN(c1nc3ccccc3s1)C2. The Morgan fingerprint density at radius 2 is 2.32 bits per heavy atom. The Morgan fingerprint density at radius 1 is 1.42 bits per heavy atom. The fourth-order valence-electron chi connectivity index (χ4n) is 3.81. The first-order chi connectivity index (χ1) is 9.31. The molecular formula is C15H18N2OS. The Morgan fingerprint density at radius 3 is 3.11 bits per heavy atom. The summed E-state index contributed by atoms with van der Waals surface area (Å²) in [5.74, 6) is 0.657. The Bertz CT molecular complexity index is 578. The topological polar surface area (TPSA) is 36.4 Å². The molecule has 1 saturated carbocycles. The van der Waals surface area contributed by atoms with Gasteiger partial charge in [0.25, 0.3) is 0 Å². The first kappa shape index (κ1) is 11.7. The molecule has 0 bridgehead atoms. The number of hydrogen-bond donors (Lipinski definition) is 1. The molecule has 2 fully saturated rings. The molecular weight excluding hydrogens is 256 g/mol. The number of benzene rings is 1. The van der Waals surface area contributed by atoms with Crippen LogP contribution in [0.4, 0.5) is 5.13 Å². The van der Waals surface area contributed by atoms with E-state index in [1.165, 1.54) is 24.0 Å². The van der Waals surface area contributed by atoms with Gasteiger partial charge in [0.1, 0.15) is 0 Å². The first-order valence-corrected chi connectivity index (χ1v) is 7.84. The molecule has 1 aromatic carbocycles. The zero-order valence-corrected chi connectivity index (χ0v) is 11.7. The van der Waals surface area contributed by atoms with Crippen molar-refractivity contribution in [3.63, 3.8) is 0 Å². The standard InChI is InChI=1S/C15H18N2OS/c18-10-15-7-3-4-11(15)8-17(9-15)14-16-12-5-1-2-6-13(12)19-14/h1-2,5-6,11,18H,3-4,7-10H2. The molecule has 2 aliphatic rings. The van der Waals surface area contributed by atoms with Crippen molar-refractivity contribution in [1.82, 2.24) is 4.98 Å². The van der Waals surface area contributed by atoms with Crippen molar-refractivity contribution in [2.75, 3.05) is 24.6 Å². The van der Waals surface area contributed by atoms with Gasteiger partial charge in [-0.2, -0.15) is 0 Å². The van der Waals surface area contributed by atoms with Crippen LogP contribution in [0.5, 0.6) is 0 Å². The maximum Gasteiger partial charge on any atom is 0.186 e. The first-order valence-electron chi connectivity index (χ1n) is 7.02. The molecule has 4 rings (SSSR count). The average Bonchev–Trinajstić information content (AvgIpc) is 3.09. The van der Waals surface area contributed by atoms with Gasteiger partial charge in [-0.15, -0.1) is 0 Å². The molecule has 1 aliphatic heterocycles. The van der Waals surface area contributed by atoms with E-state index in [1.807, 2.05) is 6.07 Å². The summed E-state index contributed by atoms with van der Waals surface area (Å²) in [7, 11) is 0. The maximum absolute atomic E-state index is 9.79. The zero-order chi connectivity index (χ0) is 12.9. The van der Waals surface area contributed by atoms with Crippen molar-refractivity contribution in [2.45, 2.75) is 19.3 Å². The number of thiazole rings is 1. The summed E-state index contributed by atoms with van der Waals surface area (Å²) in [6.07, 6.45) is 3.72. The van der Waals surface area contributed by atoms with E-state index < -0.39 is 0 Å². The number of nitrogens with zero attached hydrogens (tertiary/aromatic N) is 2. The smallest absolute Gasteiger partial charge is 0.186 e. The van der Waals surface area contributed by atoms with Gasteiger partial charge in [-0.3, -0.25) is 0 Å². The second-order valence-corrected chi connectivity index (χ2v) is 6.96. The van der Waals surface area contributed by atoms with Crippen molar-refractivity contribution >= 4 is 26.7 Å². The number of aromatic nitrogens is 1. The van der Waals surface area contributed by atoms with E-state index in [4.69, 9.17) is 4.98 Å². The highest BCUT2D eigenvalue weighted by Crippen LogP contribution is 2.49. The predicted molar refractivity (Wildman–Crippen MR) is 78.7 cm³/mol. The normalized spacial score (nSPS) is 30.2. The summed E-state index contributed by atoms with van der Waals surface area (Å²) in [6, 6.07) is 8.32. The number of fused-ring (bicyclic) bond motifs is 2. The predicted octanol–water partition coefficient (Wildman–Crippen LogP) is 2.90. The van der Waals surface area contributed by atoms with Crippen LogP contribution >= 0.6 is 11.3 Å². The second-order valence-electron chi connectivity index (χ2n) is 5.95. The summed E-state index contributed by atoms with van der Waals surface area (Å²) in [5.41, 5.74) is 1.25. The van der Waals surface area contributed by atoms with Gasteiger partial charge in [-0.1, -0.05) is 29.9 Å². The van der Waals surface area contributed by atoms with Crippen molar-refractivity contribution in [1.29, 1.82) is 0 Å². The number of anilines is 1. The molecule has 1 aromatic heterocycles.